The maximum absolute atomic E-state index is 11.9. The zero-order chi connectivity index (χ0) is 24.8. The summed E-state index contributed by atoms with van der Waals surface area (Å²) in [4.78, 5) is 33.9. The predicted octanol–water partition coefficient (Wildman–Crippen LogP) is 4.57. The van der Waals surface area contributed by atoms with E-state index in [2.05, 4.69) is 0 Å². The van der Waals surface area contributed by atoms with E-state index < -0.39 is 11.8 Å². The van der Waals surface area contributed by atoms with Crippen LogP contribution in [0.2, 0.25) is 0 Å². The van der Waals surface area contributed by atoms with Gasteiger partial charge in [-0.3, -0.25) is 0 Å². The van der Waals surface area contributed by atoms with E-state index in [1.54, 1.807) is 13.0 Å². The zero-order valence-corrected chi connectivity index (χ0v) is 20.5. The van der Waals surface area contributed by atoms with Crippen LogP contribution in [0, 0.1) is 5.92 Å². The standard InChI is InChI=1S/C27H38O7/c1-4-31-26(30)17-14-22(12-8-18-28)23(32-20-21-10-6-5-7-11-21)15-16-25-24(13-9-19-29)33-27(2,3)34-25/h5-7,10-11,14,17-19,22-25H,4,8-9,12-13,15-16,20H2,1-3H3/b17-14+/t22-,23-,24-,25-/m0/s1. The van der Waals surface area contributed by atoms with Crippen molar-refractivity contribution < 1.29 is 33.3 Å². The summed E-state index contributed by atoms with van der Waals surface area (Å²) in [6.45, 7) is 6.22. The van der Waals surface area contributed by atoms with Gasteiger partial charge in [-0.2, -0.15) is 0 Å². The number of ether oxygens (including phenoxy) is 4. The first kappa shape index (κ1) is 27.9. The van der Waals surface area contributed by atoms with Gasteiger partial charge in [-0.15, -0.1) is 0 Å². The fourth-order valence-electron chi connectivity index (χ4n) is 4.22. The molecule has 0 aliphatic carbocycles. The Labute approximate surface area is 202 Å². The van der Waals surface area contributed by atoms with E-state index in [1.165, 1.54) is 6.08 Å². The molecule has 2 rings (SSSR count). The van der Waals surface area contributed by atoms with E-state index in [-0.39, 0.29) is 24.2 Å². The average Bonchev–Trinajstić information content (AvgIpc) is 3.12. The van der Waals surface area contributed by atoms with Gasteiger partial charge >= 0.3 is 5.97 Å². The Hall–Kier alpha value is -2.35. The van der Waals surface area contributed by atoms with Crippen molar-refractivity contribution in [3.63, 3.8) is 0 Å². The van der Waals surface area contributed by atoms with Crippen LogP contribution < -0.4 is 0 Å². The van der Waals surface area contributed by atoms with Crippen LogP contribution in [0.25, 0.3) is 0 Å². The Morgan fingerprint density at radius 1 is 1.03 bits per heavy atom. The molecular weight excluding hydrogens is 436 g/mol. The first-order valence-electron chi connectivity index (χ1n) is 12.1. The molecule has 0 N–H and O–H groups in total. The van der Waals surface area contributed by atoms with Crippen molar-refractivity contribution in [3.05, 3.63) is 48.0 Å². The minimum absolute atomic E-state index is 0.151. The third-order valence-electron chi connectivity index (χ3n) is 5.76. The van der Waals surface area contributed by atoms with Gasteiger partial charge in [0.05, 0.1) is 31.5 Å². The number of carbonyl (C=O) groups excluding carboxylic acids is 3. The number of hydrogen-bond donors (Lipinski definition) is 0. The maximum Gasteiger partial charge on any atom is 0.330 e. The number of benzene rings is 1. The highest BCUT2D eigenvalue weighted by Crippen LogP contribution is 2.34. The van der Waals surface area contributed by atoms with Crippen LogP contribution in [0.5, 0.6) is 0 Å². The van der Waals surface area contributed by atoms with Crippen molar-refractivity contribution in [2.24, 2.45) is 5.92 Å². The highest BCUT2D eigenvalue weighted by atomic mass is 16.7. The van der Waals surface area contributed by atoms with Crippen molar-refractivity contribution in [3.8, 4) is 0 Å². The van der Waals surface area contributed by atoms with Gasteiger partial charge in [-0.1, -0.05) is 36.4 Å². The fraction of sp³-hybridized carbons (Fsp3) is 0.593. The second kappa shape index (κ2) is 14.8. The second-order valence-corrected chi connectivity index (χ2v) is 8.89. The lowest BCUT2D eigenvalue weighted by atomic mass is 9.91. The van der Waals surface area contributed by atoms with Crippen LogP contribution in [0.4, 0.5) is 0 Å². The molecule has 0 aromatic heterocycles. The Morgan fingerprint density at radius 2 is 1.71 bits per heavy atom. The molecule has 1 saturated heterocycles. The quantitative estimate of drug-likeness (QED) is 0.197. The largest absolute Gasteiger partial charge is 0.463 e. The van der Waals surface area contributed by atoms with Gasteiger partial charge in [0.15, 0.2) is 5.79 Å². The SMILES string of the molecule is CCOC(=O)/C=C/[C@H](CCC=O)[C@H](CC[C@@H]1OC(C)(C)O[C@H]1CCC=O)OCc1ccccc1. The van der Waals surface area contributed by atoms with Crippen LogP contribution in [0.3, 0.4) is 0 Å². The molecule has 1 aliphatic heterocycles. The smallest absolute Gasteiger partial charge is 0.330 e. The molecule has 7 nitrogen and oxygen atoms in total. The molecule has 0 radical (unpaired) electrons. The minimum Gasteiger partial charge on any atom is -0.463 e. The third kappa shape index (κ3) is 9.87. The van der Waals surface area contributed by atoms with E-state index in [4.69, 9.17) is 18.9 Å². The summed E-state index contributed by atoms with van der Waals surface area (Å²) in [5, 5.41) is 0. The van der Waals surface area contributed by atoms with Crippen LogP contribution in [0.1, 0.15) is 64.9 Å². The summed E-state index contributed by atoms with van der Waals surface area (Å²) >= 11 is 0. The summed E-state index contributed by atoms with van der Waals surface area (Å²) in [6, 6.07) is 9.87. The van der Waals surface area contributed by atoms with Gasteiger partial charge in [0.25, 0.3) is 0 Å². The molecule has 1 fully saturated rings. The van der Waals surface area contributed by atoms with E-state index in [9.17, 15) is 14.4 Å². The Kier molecular flexibility index (Phi) is 12.2. The minimum atomic E-state index is -0.709. The number of aldehydes is 2. The molecule has 4 atom stereocenters. The summed E-state index contributed by atoms with van der Waals surface area (Å²) in [5.74, 6) is -1.27. The molecule has 0 bridgehead atoms. The fourth-order valence-corrected chi connectivity index (χ4v) is 4.22. The lowest BCUT2D eigenvalue weighted by Crippen LogP contribution is -2.28. The van der Waals surface area contributed by atoms with Gasteiger partial charge in [-0.25, -0.2) is 4.79 Å². The molecule has 0 saturated carbocycles. The highest BCUT2D eigenvalue weighted by Gasteiger charge is 2.41. The molecule has 1 heterocycles. The van der Waals surface area contributed by atoms with Crippen LogP contribution >= 0.6 is 0 Å². The van der Waals surface area contributed by atoms with Gasteiger partial charge in [0.2, 0.25) is 0 Å². The number of rotatable bonds is 16. The van der Waals surface area contributed by atoms with Crippen molar-refractivity contribution in [2.45, 2.75) is 90.0 Å². The Morgan fingerprint density at radius 3 is 2.35 bits per heavy atom. The lowest BCUT2D eigenvalue weighted by Gasteiger charge is -2.27. The zero-order valence-electron chi connectivity index (χ0n) is 20.5. The number of esters is 1. The van der Waals surface area contributed by atoms with Gasteiger partial charge in [0.1, 0.15) is 12.6 Å². The van der Waals surface area contributed by atoms with Crippen molar-refractivity contribution in [1.82, 2.24) is 0 Å². The molecular formula is C27H38O7. The summed E-state index contributed by atoms with van der Waals surface area (Å²) < 4.78 is 23.5. The predicted molar refractivity (Wildman–Crippen MR) is 128 cm³/mol. The van der Waals surface area contributed by atoms with E-state index in [0.29, 0.717) is 51.7 Å². The molecule has 0 amide bonds. The van der Waals surface area contributed by atoms with Gasteiger partial charge in [0, 0.05) is 24.8 Å². The maximum atomic E-state index is 11.9. The third-order valence-corrected chi connectivity index (χ3v) is 5.76. The van der Waals surface area contributed by atoms with Gasteiger partial charge in [-0.05, 0) is 52.0 Å². The molecule has 1 aromatic rings. The van der Waals surface area contributed by atoms with E-state index in [1.807, 2.05) is 44.2 Å². The first-order chi connectivity index (χ1) is 16.4. The summed E-state index contributed by atoms with van der Waals surface area (Å²) in [6.07, 6.45) is 7.65. The summed E-state index contributed by atoms with van der Waals surface area (Å²) in [7, 11) is 0. The Bertz CT molecular complexity index is 774. The second-order valence-electron chi connectivity index (χ2n) is 8.89. The monoisotopic (exact) mass is 474 g/mol. The van der Waals surface area contributed by atoms with Crippen LogP contribution in [-0.4, -0.2) is 49.2 Å². The topological polar surface area (TPSA) is 88.1 Å². The van der Waals surface area contributed by atoms with E-state index >= 15 is 0 Å². The number of hydrogen-bond acceptors (Lipinski definition) is 7. The normalized spacial score (nSPS) is 21.3. The molecule has 7 heteroatoms. The van der Waals surface area contributed by atoms with Crippen molar-refractivity contribution >= 4 is 18.5 Å². The first-order valence-corrected chi connectivity index (χ1v) is 12.1. The number of carbonyl (C=O) groups is 3. The average molecular weight is 475 g/mol. The van der Waals surface area contributed by atoms with Crippen molar-refractivity contribution in [1.29, 1.82) is 0 Å². The van der Waals surface area contributed by atoms with Crippen LogP contribution in [0.15, 0.2) is 42.5 Å². The molecule has 0 unspecified atom stereocenters. The van der Waals surface area contributed by atoms with Gasteiger partial charge < -0.3 is 28.5 Å². The molecule has 0 spiro atoms. The summed E-state index contributed by atoms with van der Waals surface area (Å²) in [5.41, 5.74) is 1.04. The lowest BCUT2D eigenvalue weighted by molar-refractivity contribution is -0.148. The molecule has 34 heavy (non-hydrogen) atoms. The molecule has 188 valence electrons. The van der Waals surface area contributed by atoms with Crippen molar-refractivity contribution in [2.75, 3.05) is 6.61 Å². The Balaban J connectivity index is 2.15. The van der Waals surface area contributed by atoms with Crippen LogP contribution in [-0.2, 0) is 39.9 Å². The molecule has 1 aliphatic rings. The highest BCUT2D eigenvalue weighted by molar-refractivity contribution is 5.81. The van der Waals surface area contributed by atoms with E-state index in [0.717, 1.165) is 18.1 Å². The molecule has 1 aromatic carbocycles.